The number of nitrogens with zero attached hydrogens (tertiary/aromatic N) is 2. The van der Waals surface area contributed by atoms with Gasteiger partial charge in [-0.2, -0.15) is 0 Å². The summed E-state index contributed by atoms with van der Waals surface area (Å²) in [6.07, 6.45) is 5.31. The van der Waals surface area contributed by atoms with Crippen LogP contribution in [0, 0.1) is 0 Å². The van der Waals surface area contributed by atoms with Gasteiger partial charge in [0, 0.05) is 40.4 Å². The van der Waals surface area contributed by atoms with Crippen molar-refractivity contribution in [3.63, 3.8) is 0 Å². The average molecular weight is 421 g/mol. The molecule has 0 saturated heterocycles. The number of hydrazine groups is 1. The number of fused-ring (bicyclic) bond motifs is 2. The van der Waals surface area contributed by atoms with Gasteiger partial charge >= 0.3 is 0 Å². The van der Waals surface area contributed by atoms with E-state index in [1.807, 2.05) is 66.9 Å². The lowest BCUT2D eigenvalue weighted by Gasteiger charge is -2.11. The summed E-state index contributed by atoms with van der Waals surface area (Å²) in [5.41, 5.74) is 9.51. The van der Waals surface area contributed by atoms with E-state index in [0.29, 0.717) is 22.2 Å². The van der Waals surface area contributed by atoms with Crippen molar-refractivity contribution >= 4 is 33.6 Å². The number of carbonyl (C=O) groups excluding carboxylic acids is 2. The molecule has 5 rings (SSSR count). The lowest BCUT2D eigenvalue weighted by atomic mass is 10.0. The lowest BCUT2D eigenvalue weighted by Crippen LogP contribution is -2.42. The van der Waals surface area contributed by atoms with Crippen molar-refractivity contribution in [3.8, 4) is 11.3 Å². The van der Waals surface area contributed by atoms with E-state index in [4.69, 9.17) is 0 Å². The molecular weight excluding hydrogens is 402 g/mol. The normalized spacial score (nSPS) is 10.9. The summed E-state index contributed by atoms with van der Waals surface area (Å²) in [6, 6.07) is 20.6. The SMILES string of the molecule is O=C(Cc1c[nH]c2ccccc12)NNC(=O)c1cc(-c2ccncc2)nc2ccccc12. The molecule has 3 N–H and O–H groups in total. The fourth-order valence-electron chi connectivity index (χ4n) is 3.72. The van der Waals surface area contributed by atoms with Gasteiger partial charge in [0.25, 0.3) is 5.91 Å². The molecule has 5 aromatic rings. The zero-order valence-corrected chi connectivity index (χ0v) is 17.0. The summed E-state index contributed by atoms with van der Waals surface area (Å²) in [7, 11) is 0. The van der Waals surface area contributed by atoms with Gasteiger partial charge in [-0.05, 0) is 35.9 Å². The van der Waals surface area contributed by atoms with Crippen molar-refractivity contribution in [3.05, 3.63) is 96.4 Å². The van der Waals surface area contributed by atoms with E-state index in [0.717, 1.165) is 22.0 Å². The topological polar surface area (TPSA) is 99.8 Å². The standard InChI is InChI=1S/C25H19N5O2/c31-24(13-17-15-27-21-7-3-1-5-18(17)21)29-30-25(32)20-14-23(16-9-11-26-12-10-16)28-22-8-4-2-6-19(20)22/h1-12,14-15,27H,13H2,(H,29,31)(H,30,32). The number of nitrogens with one attached hydrogen (secondary N) is 3. The van der Waals surface area contributed by atoms with Crippen LogP contribution in [0.1, 0.15) is 15.9 Å². The molecule has 0 saturated carbocycles. The molecular formula is C25H19N5O2. The first-order valence-corrected chi connectivity index (χ1v) is 10.1. The van der Waals surface area contributed by atoms with Crippen LogP contribution in [0.25, 0.3) is 33.1 Å². The van der Waals surface area contributed by atoms with E-state index >= 15 is 0 Å². The monoisotopic (exact) mass is 421 g/mol. The number of amides is 2. The van der Waals surface area contributed by atoms with Crippen molar-refractivity contribution in [1.82, 2.24) is 25.8 Å². The molecule has 32 heavy (non-hydrogen) atoms. The van der Waals surface area contributed by atoms with E-state index in [1.54, 1.807) is 18.5 Å². The molecule has 3 heterocycles. The third kappa shape index (κ3) is 3.79. The van der Waals surface area contributed by atoms with E-state index in [-0.39, 0.29) is 12.3 Å². The zero-order valence-electron chi connectivity index (χ0n) is 17.0. The molecule has 2 amide bonds. The number of rotatable bonds is 4. The Labute approximate surface area is 183 Å². The van der Waals surface area contributed by atoms with Crippen molar-refractivity contribution in [2.45, 2.75) is 6.42 Å². The van der Waals surface area contributed by atoms with Crippen LogP contribution >= 0.6 is 0 Å². The smallest absolute Gasteiger partial charge is 0.270 e. The number of hydrogen-bond acceptors (Lipinski definition) is 4. The van der Waals surface area contributed by atoms with Crippen LogP contribution in [0.15, 0.2) is 85.3 Å². The first kappa shape index (κ1) is 19.4. The van der Waals surface area contributed by atoms with Gasteiger partial charge in [-0.3, -0.25) is 25.4 Å². The van der Waals surface area contributed by atoms with Crippen molar-refractivity contribution in [1.29, 1.82) is 0 Å². The fourth-order valence-corrected chi connectivity index (χ4v) is 3.72. The fraction of sp³-hybridized carbons (Fsp3) is 0.0400. The number of aromatic amines is 1. The molecule has 2 aromatic carbocycles. The molecule has 7 nitrogen and oxygen atoms in total. The largest absolute Gasteiger partial charge is 0.361 e. The molecule has 0 bridgehead atoms. The Morgan fingerprint density at radius 2 is 1.62 bits per heavy atom. The maximum atomic E-state index is 13.0. The van der Waals surface area contributed by atoms with Gasteiger partial charge < -0.3 is 4.98 Å². The second-order valence-electron chi connectivity index (χ2n) is 7.35. The van der Waals surface area contributed by atoms with Crippen LogP contribution in [0.4, 0.5) is 0 Å². The summed E-state index contributed by atoms with van der Waals surface area (Å²) in [4.78, 5) is 37.3. The minimum Gasteiger partial charge on any atom is -0.361 e. The maximum Gasteiger partial charge on any atom is 0.270 e. The van der Waals surface area contributed by atoms with Crippen LogP contribution in [-0.4, -0.2) is 26.8 Å². The van der Waals surface area contributed by atoms with Crippen molar-refractivity contribution < 1.29 is 9.59 Å². The van der Waals surface area contributed by atoms with E-state index in [1.165, 1.54) is 0 Å². The Morgan fingerprint density at radius 1 is 0.875 bits per heavy atom. The molecule has 0 atom stereocenters. The van der Waals surface area contributed by atoms with Gasteiger partial charge in [0.2, 0.25) is 5.91 Å². The van der Waals surface area contributed by atoms with Crippen molar-refractivity contribution in [2.75, 3.05) is 0 Å². The second-order valence-corrected chi connectivity index (χ2v) is 7.35. The van der Waals surface area contributed by atoms with Gasteiger partial charge in [-0.25, -0.2) is 4.98 Å². The number of carbonyl (C=O) groups is 2. The molecule has 0 unspecified atom stereocenters. The number of hydrogen-bond donors (Lipinski definition) is 3. The van der Waals surface area contributed by atoms with E-state index in [2.05, 4.69) is 25.8 Å². The number of pyridine rings is 2. The number of H-pyrrole nitrogens is 1. The quantitative estimate of drug-likeness (QED) is 0.385. The highest BCUT2D eigenvalue weighted by molar-refractivity contribution is 6.07. The third-order valence-electron chi connectivity index (χ3n) is 5.28. The van der Waals surface area contributed by atoms with Crippen LogP contribution in [-0.2, 0) is 11.2 Å². The van der Waals surface area contributed by atoms with Crippen LogP contribution in [0.2, 0.25) is 0 Å². The highest BCUT2D eigenvalue weighted by Crippen LogP contribution is 2.24. The van der Waals surface area contributed by atoms with Gasteiger partial charge in [-0.1, -0.05) is 36.4 Å². The molecule has 7 heteroatoms. The third-order valence-corrected chi connectivity index (χ3v) is 5.28. The molecule has 0 radical (unpaired) electrons. The highest BCUT2D eigenvalue weighted by Gasteiger charge is 2.15. The Balaban J connectivity index is 1.37. The van der Waals surface area contributed by atoms with Gasteiger partial charge in [0.1, 0.15) is 0 Å². The van der Waals surface area contributed by atoms with Crippen molar-refractivity contribution in [2.24, 2.45) is 0 Å². The average Bonchev–Trinajstić information content (AvgIpc) is 3.25. The van der Waals surface area contributed by atoms with Crippen LogP contribution in [0.3, 0.4) is 0 Å². The minimum atomic E-state index is -0.411. The molecule has 0 fully saturated rings. The van der Waals surface area contributed by atoms with Crippen LogP contribution < -0.4 is 10.9 Å². The first-order chi connectivity index (χ1) is 15.7. The highest BCUT2D eigenvalue weighted by atomic mass is 16.2. The molecule has 156 valence electrons. The molecule has 3 aromatic heterocycles. The predicted octanol–water partition coefficient (Wildman–Crippen LogP) is 3.78. The maximum absolute atomic E-state index is 13.0. The second kappa shape index (κ2) is 8.31. The molecule has 0 aliphatic rings. The summed E-state index contributed by atoms with van der Waals surface area (Å²) in [6.45, 7) is 0. The number of benzene rings is 2. The van der Waals surface area contributed by atoms with Crippen LogP contribution in [0.5, 0.6) is 0 Å². The first-order valence-electron chi connectivity index (χ1n) is 10.1. The van der Waals surface area contributed by atoms with E-state index < -0.39 is 5.91 Å². The molecule has 0 spiro atoms. The molecule has 0 aliphatic heterocycles. The summed E-state index contributed by atoms with van der Waals surface area (Å²) in [5.74, 6) is -0.720. The number of aromatic nitrogens is 3. The number of para-hydroxylation sites is 2. The molecule has 0 aliphatic carbocycles. The van der Waals surface area contributed by atoms with Gasteiger partial charge in [0.15, 0.2) is 0 Å². The van der Waals surface area contributed by atoms with Gasteiger partial charge in [-0.15, -0.1) is 0 Å². The Bertz CT molecular complexity index is 1440. The Hall–Kier alpha value is -4.52. The van der Waals surface area contributed by atoms with E-state index in [9.17, 15) is 9.59 Å². The minimum absolute atomic E-state index is 0.143. The summed E-state index contributed by atoms with van der Waals surface area (Å²) >= 11 is 0. The predicted molar refractivity (Wildman–Crippen MR) is 123 cm³/mol. The Morgan fingerprint density at radius 3 is 2.47 bits per heavy atom. The van der Waals surface area contributed by atoms with Gasteiger partial charge in [0.05, 0.1) is 23.2 Å². The zero-order chi connectivity index (χ0) is 21.9. The Kier molecular flexibility index (Phi) is 5.05. The summed E-state index contributed by atoms with van der Waals surface area (Å²) < 4.78 is 0. The lowest BCUT2D eigenvalue weighted by molar-refractivity contribution is -0.121. The summed E-state index contributed by atoms with van der Waals surface area (Å²) in [5, 5.41) is 1.68.